The molecule has 0 fully saturated rings. The van der Waals surface area contributed by atoms with Gasteiger partial charge in [0.25, 0.3) is 0 Å². The molecule has 1 unspecified atom stereocenters. The van der Waals surface area contributed by atoms with E-state index in [2.05, 4.69) is 0 Å². The summed E-state index contributed by atoms with van der Waals surface area (Å²) >= 11 is 5.68. The molecule has 104 valence electrons. The summed E-state index contributed by atoms with van der Waals surface area (Å²) in [5.74, 6) is -0.455. The van der Waals surface area contributed by atoms with Gasteiger partial charge in [-0.25, -0.2) is 4.39 Å². The molecule has 3 N–H and O–H groups in total. The predicted octanol–water partition coefficient (Wildman–Crippen LogP) is 3.44. The van der Waals surface area contributed by atoms with Crippen molar-refractivity contribution in [2.45, 2.75) is 24.9 Å². The lowest BCUT2D eigenvalue weighted by Gasteiger charge is -2.24. The summed E-state index contributed by atoms with van der Waals surface area (Å²) in [4.78, 5) is 0. The van der Waals surface area contributed by atoms with Gasteiger partial charge in [0.1, 0.15) is 5.82 Å². The van der Waals surface area contributed by atoms with Crippen LogP contribution in [0.3, 0.4) is 0 Å². The highest BCUT2D eigenvalue weighted by atomic mass is 35.5. The highest BCUT2D eigenvalue weighted by molar-refractivity contribution is 6.30. The summed E-state index contributed by atoms with van der Waals surface area (Å²) in [6.07, 6.45) is 1.78. The van der Waals surface area contributed by atoms with Gasteiger partial charge in [-0.3, -0.25) is 0 Å². The third kappa shape index (κ3) is 2.28. The van der Waals surface area contributed by atoms with Gasteiger partial charge in [0.2, 0.25) is 0 Å². The van der Waals surface area contributed by atoms with Crippen LogP contribution in [0.15, 0.2) is 36.4 Å². The summed E-state index contributed by atoms with van der Waals surface area (Å²) in [5, 5.41) is 10.9. The van der Waals surface area contributed by atoms with Gasteiger partial charge in [-0.1, -0.05) is 23.7 Å². The molecule has 4 heteroatoms. The molecule has 0 aliphatic heterocycles. The lowest BCUT2D eigenvalue weighted by Crippen LogP contribution is -2.25. The van der Waals surface area contributed by atoms with Crippen LogP contribution in [-0.4, -0.2) is 5.11 Å². The summed E-state index contributed by atoms with van der Waals surface area (Å²) in [6.45, 7) is 0. The smallest absolute Gasteiger partial charge is 0.142 e. The summed E-state index contributed by atoms with van der Waals surface area (Å²) in [7, 11) is 0. The fourth-order valence-corrected chi connectivity index (χ4v) is 3.04. The van der Waals surface area contributed by atoms with E-state index in [1.54, 1.807) is 12.1 Å². The summed E-state index contributed by atoms with van der Waals surface area (Å²) in [5.41, 5.74) is 8.20. The molecule has 20 heavy (non-hydrogen) atoms. The largest absolute Gasteiger partial charge is 0.399 e. The zero-order valence-corrected chi connectivity index (χ0v) is 11.6. The molecule has 1 aliphatic rings. The molecule has 0 radical (unpaired) electrons. The van der Waals surface area contributed by atoms with E-state index in [1.165, 1.54) is 12.1 Å². The van der Waals surface area contributed by atoms with Crippen LogP contribution in [0.25, 0.3) is 0 Å². The third-order valence-corrected chi connectivity index (χ3v) is 4.23. The van der Waals surface area contributed by atoms with Crippen molar-refractivity contribution in [3.63, 3.8) is 0 Å². The van der Waals surface area contributed by atoms with E-state index < -0.39 is 11.4 Å². The summed E-state index contributed by atoms with van der Waals surface area (Å²) < 4.78 is 13.5. The Bertz CT molecular complexity index is 674. The molecule has 0 saturated heterocycles. The van der Waals surface area contributed by atoms with Gasteiger partial charge in [-0.15, -0.1) is 0 Å². The molecule has 0 aromatic heterocycles. The van der Waals surface area contributed by atoms with Crippen LogP contribution in [-0.2, 0) is 18.4 Å². The molecule has 1 aliphatic carbocycles. The quantitative estimate of drug-likeness (QED) is 0.833. The van der Waals surface area contributed by atoms with Crippen molar-refractivity contribution < 1.29 is 9.50 Å². The number of aliphatic hydroxyl groups is 1. The number of fused-ring (bicyclic) bond motifs is 1. The second-order valence-electron chi connectivity index (χ2n) is 5.37. The van der Waals surface area contributed by atoms with Crippen LogP contribution in [0, 0.1) is 5.82 Å². The van der Waals surface area contributed by atoms with Crippen molar-refractivity contribution >= 4 is 17.3 Å². The van der Waals surface area contributed by atoms with Crippen LogP contribution >= 0.6 is 11.6 Å². The van der Waals surface area contributed by atoms with Gasteiger partial charge in [0, 0.05) is 12.1 Å². The molecule has 0 saturated carbocycles. The zero-order valence-electron chi connectivity index (χ0n) is 10.9. The number of nitrogen functional groups attached to an aromatic ring is 1. The molecule has 0 spiro atoms. The van der Waals surface area contributed by atoms with Crippen LogP contribution < -0.4 is 5.73 Å². The molecule has 2 aromatic rings. The van der Waals surface area contributed by atoms with E-state index in [0.717, 1.165) is 23.1 Å². The Balaban J connectivity index is 1.93. The van der Waals surface area contributed by atoms with Crippen molar-refractivity contribution in [3.8, 4) is 0 Å². The van der Waals surface area contributed by atoms with Crippen LogP contribution in [0.2, 0.25) is 5.02 Å². The first-order valence-corrected chi connectivity index (χ1v) is 6.91. The van der Waals surface area contributed by atoms with Crippen LogP contribution in [0.4, 0.5) is 10.1 Å². The minimum Gasteiger partial charge on any atom is -0.399 e. The predicted molar refractivity (Wildman–Crippen MR) is 78.2 cm³/mol. The number of hydrogen-bond donors (Lipinski definition) is 2. The Morgan fingerprint density at radius 3 is 2.80 bits per heavy atom. The number of hydrogen-bond acceptors (Lipinski definition) is 2. The molecular weight excluding hydrogens is 277 g/mol. The Labute approximate surface area is 122 Å². The van der Waals surface area contributed by atoms with Gasteiger partial charge in [0.05, 0.1) is 10.6 Å². The molecule has 2 nitrogen and oxygen atoms in total. The van der Waals surface area contributed by atoms with E-state index in [-0.39, 0.29) is 5.02 Å². The number of nitrogens with two attached hydrogens (primary N) is 1. The van der Waals surface area contributed by atoms with Gasteiger partial charge in [0.15, 0.2) is 0 Å². The van der Waals surface area contributed by atoms with Gasteiger partial charge < -0.3 is 10.8 Å². The number of anilines is 1. The van der Waals surface area contributed by atoms with Crippen LogP contribution in [0.1, 0.15) is 23.1 Å². The van der Waals surface area contributed by atoms with E-state index in [1.807, 2.05) is 12.1 Å². The molecular formula is C16H15ClFNO. The monoisotopic (exact) mass is 291 g/mol. The molecule has 0 heterocycles. The first kappa shape index (κ1) is 13.4. The highest BCUT2D eigenvalue weighted by Crippen LogP contribution is 2.40. The fourth-order valence-electron chi connectivity index (χ4n) is 2.92. The highest BCUT2D eigenvalue weighted by Gasteiger charge is 2.36. The first-order valence-electron chi connectivity index (χ1n) is 6.53. The van der Waals surface area contributed by atoms with Gasteiger partial charge in [-0.2, -0.15) is 0 Å². The second-order valence-corrected chi connectivity index (χ2v) is 5.78. The van der Waals surface area contributed by atoms with Crippen molar-refractivity contribution in [2.75, 3.05) is 5.73 Å². The van der Waals surface area contributed by atoms with E-state index in [9.17, 15) is 9.50 Å². The molecule has 3 rings (SSSR count). The first-order chi connectivity index (χ1) is 9.48. The lowest BCUT2D eigenvalue weighted by atomic mass is 9.88. The van der Waals surface area contributed by atoms with Crippen molar-refractivity contribution in [2.24, 2.45) is 0 Å². The van der Waals surface area contributed by atoms with E-state index in [0.29, 0.717) is 18.5 Å². The Morgan fingerprint density at radius 2 is 2.05 bits per heavy atom. The number of aryl methyl sites for hydroxylation is 1. The van der Waals surface area contributed by atoms with Crippen LogP contribution in [0.5, 0.6) is 0 Å². The SMILES string of the molecule is Nc1ccc2c(c1)CCC2(O)Cc1ccc(Cl)c(F)c1. The summed E-state index contributed by atoms with van der Waals surface area (Å²) in [6, 6.07) is 10.2. The Hall–Kier alpha value is -1.58. The van der Waals surface area contributed by atoms with E-state index in [4.69, 9.17) is 17.3 Å². The Kier molecular flexibility index (Phi) is 3.19. The number of halogens is 2. The standard InChI is InChI=1S/C16H15ClFNO/c17-14-4-1-10(7-15(14)18)9-16(20)6-5-11-8-12(19)2-3-13(11)16/h1-4,7-8,20H,5-6,9,19H2. The average molecular weight is 292 g/mol. The fraction of sp³-hybridized carbons (Fsp3) is 0.250. The van der Waals surface area contributed by atoms with Crippen molar-refractivity contribution in [3.05, 3.63) is 63.9 Å². The normalized spacial score (nSPS) is 20.9. The molecule has 1 atom stereocenters. The van der Waals surface area contributed by atoms with Crippen molar-refractivity contribution in [1.82, 2.24) is 0 Å². The number of benzene rings is 2. The maximum Gasteiger partial charge on any atom is 0.142 e. The lowest BCUT2D eigenvalue weighted by molar-refractivity contribution is 0.0389. The zero-order chi connectivity index (χ0) is 14.3. The molecule has 2 aromatic carbocycles. The van der Waals surface area contributed by atoms with E-state index >= 15 is 0 Å². The third-order valence-electron chi connectivity index (χ3n) is 3.92. The molecule has 0 amide bonds. The Morgan fingerprint density at radius 1 is 1.25 bits per heavy atom. The second kappa shape index (κ2) is 4.76. The average Bonchev–Trinajstić information content (AvgIpc) is 2.71. The molecule has 0 bridgehead atoms. The minimum atomic E-state index is -0.955. The maximum atomic E-state index is 13.5. The van der Waals surface area contributed by atoms with Gasteiger partial charge in [-0.05, 0) is 53.8 Å². The topological polar surface area (TPSA) is 46.2 Å². The number of rotatable bonds is 2. The van der Waals surface area contributed by atoms with Gasteiger partial charge >= 0.3 is 0 Å². The minimum absolute atomic E-state index is 0.0975. The van der Waals surface area contributed by atoms with Crippen molar-refractivity contribution in [1.29, 1.82) is 0 Å². The maximum absolute atomic E-state index is 13.5.